The van der Waals surface area contributed by atoms with Crippen LogP contribution in [0.5, 0.6) is 0 Å². The maximum absolute atomic E-state index is 11.7. The molecule has 1 rings (SSSR count). The Morgan fingerprint density at radius 3 is 2.55 bits per heavy atom. The molecule has 0 fully saturated rings. The summed E-state index contributed by atoms with van der Waals surface area (Å²) in [5.74, 6) is -0.429. The molecule has 3 heteroatoms. The minimum absolute atomic E-state index is 0.429. The molecule has 0 bridgehead atoms. The fraction of sp³-hybridized carbons (Fsp3) is 0.353. The summed E-state index contributed by atoms with van der Waals surface area (Å²) in [4.78, 5) is 11.7. The van der Waals surface area contributed by atoms with E-state index < -0.39 is 11.6 Å². The van der Waals surface area contributed by atoms with Crippen LogP contribution in [0.4, 0.5) is 0 Å². The predicted molar refractivity (Wildman–Crippen MR) is 80.3 cm³/mol. The molecule has 1 aromatic rings. The predicted octanol–water partition coefficient (Wildman–Crippen LogP) is 3.85. The summed E-state index contributed by atoms with van der Waals surface area (Å²) in [5, 5.41) is 10.1. The van der Waals surface area contributed by atoms with Gasteiger partial charge in [-0.15, -0.1) is 0 Å². The van der Waals surface area contributed by atoms with Gasteiger partial charge in [-0.3, -0.25) is 0 Å². The van der Waals surface area contributed by atoms with Gasteiger partial charge in [0.25, 0.3) is 0 Å². The van der Waals surface area contributed by atoms with E-state index in [1.807, 2.05) is 19.9 Å². The third kappa shape index (κ3) is 6.34. The highest BCUT2D eigenvalue weighted by Gasteiger charge is 2.15. The number of hydrogen-bond donors (Lipinski definition) is 1. The molecule has 1 N–H and O–H groups in total. The first-order chi connectivity index (χ1) is 9.41. The SMILES string of the molecule is CC(C)=CCCC(C)(O)/C=C\OC(=O)c1ccccc1. The van der Waals surface area contributed by atoms with Gasteiger partial charge >= 0.3 is 5.97 Å². The normalized spacial score (nSPS) is 13.8. The minimum Gasteiger partial charge on any atom is -0.431 e. The smallest absolute Gasteiger partial charge is 0.342 e. The molecule has 0 spiro atoms. The number of hydrogen-bond acceptors (Lipinski definition) is 3. The van der Waals surface area contributed by atoms with Crippen LogP contribution in [-0.4, -0.2) is 16.7 Å². The summed E-state index contributed by atoms with van der Waals surface area (Å²) < 4.78 is 5.00. The Morgan fingerprint density at radius 2 is 1.95 bits per heavy atom. The molecule has 0 amide bonds. The fourth-order valence-corrected chi connectivity index (χ4v) is 1.62. The van der Waals surface area contributed by atoms with Crippen molar-refractivity contribution in [2.75, 3.05) is 0 Å². The quantitative estimate of drug-likeness (QED) is 0.487. The Kier molecular flexibility index (Phi) is 6.19. The van der Waals surface area contributed by atoms with Crippen molar-refractivity contribution >= 4 is 5.97 Å². The van der Waals surface area contributed by atoms with Crippen molar-refractivity contribution in [1.29, 1.82) is 0 Å². The van der Waals surface area contributed by atoms with Crippen molar-refractivity contribution in [3.63, 3.8) is 0 Å². The lowest BCUT2D eigenvalue weighted by Gasteiger charge is -2.17. The van der Waals surface area contributed by atoms with Gasteiger partial charge < -0.3 is 9.84 Å². The Hall–Kier alpha value is -1.87. The van der Waals surface area contributed by atoms with Crippen molar-refractivity contribution < 1.29 is 14.6 Å². The zero-order chi connectivity index (χ0) is 15.0. The van der Waals surface area contributed by atoms with Crippen LogP contribution in [-0.2, 0) is 4.74 Å². The summed E-state index contributed by atoms with van der Waals surface area (Å²) in [6.07, 6.45) is 6.20. The van der Waals surface area contributed by atoms with Crippen LogP contribution >= 0.6 is 0 Å². The lowest BCUT2D eigenvalue weighted by Crippen LogP contribution is -2.20. The van der Waals surface area contributed by atoms with E-state index in [0.29, 0.717) is 12.0 Å². The monoisotopic (exact) mass is 274 g/mol. The molecule has 3 nitrogen and oxygen atoms in total. The van der Waals surface area contributed by atoms with Gasteiger partial charge in [-0.05, 0) is 51.8 Å². The topological polar surface area (TPSA) is 46.5 Å². The van der Waals surface area contributed by atoms with Crippen LogP contribution in [0.15, 0.2) is 54.3 Å². The molecule has 1 aromatic carbocycles. The molecule has 1 unspecified atom stereocenters. The molecule has 0 aromatic heterocycles. The molecule has 0 saturated carbocycles. The number of allylic oxidation sites excluding steroid dienone is 2. The van der Waals surface area contributed by atoms with Crippen LogP contribution < -0.4 is 0 Å². The first-order valence-electron chi connectivity index (χ1n) is 6.70. The second-order valence-corrected chi connectivity index (χ2v) is 5.25. The summed E-state index contributed by atoms with van der Waals surface area (Å²) in [5.41, 5.74) is 0.727. The largest absolute Gasteiger partial charge is 0.431 e. The van der Waals surface area contributed by atoms with Gasteiger partial charge in [0.05, 0.1) is 17.4 Å². The summed E-state index contributed by atoms with van der Waals surface area (Å²) in [6, 6.07) is 8.75. The Balaban J connectivity index is 2.47. The van der Waals surface area contributed by atoms with Crippen LogP contribution in [0.2, 0.25) is 0 Å². The maximum atomic E-state index is 11.7. The maximum Gasteiger partial charge on any atom is 0.342 e. The number of aliphatic hydroxyl groups is 1. The zero-order valence-electron chi connectivity index (χ0n) is 12.3. The number of ether oxygens (including phenoxy) is 1. The Morgan fingerprint density at radius 1 is 1.30 bits per heavy atom. The first-order valence-corrected chi connectivity index (χ1v) is 6.70. The van der Waals surface area contributed by atoms with Crippen LogP contribution in [0.1, 0.15) is 44.0 Å². The van der Waals surface area contributed by atoms with Gasteiger partial charge in [0, 0.05) is 0 Å². The minimum atomic E-state index is -0.983. The van der Waals surface area contributed by atoms with E-state index in [0.717, 1.165) is 6.42 Å². The highest BCUT2D eigenvalue weighted by atomic mass is 16.5. The summed E-state index contributed by atoms with van der Waals surface area (Å²) in [6.45, 7) is 5.73. The molecule has 0 saturated heterocycles. The third-order valence-electron chi connectivity index (χ3n) is 2.81. The molecule has 20 heavy (non-hydrogen) atoms. The first kappa shape index (κ1) is 16.2. The third-order valence-corrected chi connectivity index (χ3v) is 2.81. The summed E-state index contributed by atoms with van der Waals surface area (Å²) in [7, 11) is 0. The van der Waals surface area contributed by atoms with Crippen LogP contribution in [0.25, 0.3) is 0 Å². The van der Waals surface area contributed by atoms with Crippen molar-refractivity contribution in [2.24, 2.45) is 0 Å². The second-order valence-electron chi connectivity index (χ2n) is 5.25. The highest BCUT2D eigenvalue weighted by Crippen LogP contribution is 2.15. The lowest BCUT2D eigenvalue weighted by atomic mass is 10.00. The Labute approximate surface area is 120 Å². The average Bonchev–Trinajstić information content (AvgIpc) is 2.38. The molecular weight excluding hydrogens is 252 g/mol. The highest BCUT2D eigenvalue weighted by molar-refractivity contribution is 5.89. The van der Waals surface area contributed by atoms with Gasteiger partial charge in [-0.1, -0.05) is 29.8 Å². The number of esters is 1. The van der Waals surface area contributed by atoms with Crippen LogP contribution in [0, 0.1) is 0 Å². The van der Waals surface area contributed by atoms with E-state index in [1.54, 1.807) is 31.2 Å². The van der Waals surface area contributed by atoms with Gasteiger partial charge in [-0.25, -0.2) is 4.79 Å². The molecule has 0 heterocycles. The van der Waals surface area contributed by atoms with E-state index >= 15 is 0 Å². The van der Waals surface area contributed by atoms with Crippen molar-refractivity contribution in [3.8, 4) is 0 Å². The van der Waals surface area contributed by atoms with Gasteiger partial charge in [0.1, 0.15) is 0 Å². The van der Waals surface area contributed by atoms with Gasteiger partial charge in [0.15, 0.2) is 0 Å². The standard InChI is InChI=1S/C17H22O3/c1-14(2)8-7-11-17(3,19)12-13-20-16(18)15-9-5-4-6-10-15/h4-6,8-10,12-13,19H,7,11H2,1-3H3/b13-12-. The van der Waals surface area contributed by atoms with Crippen molar-refractivity contribution in [2.45, 2.75) is 39.2 Å². The number of carbonyl (C=O) groups excluding carboxylic acids is 1. The van der Waals surface area contributed by atoms with Crippen LogP contribution in [0.3, 0.4) is 0 Å². The van der Waals surface area contributed by atoms with Gasteiger partial charge in [-0.2, -0.15) is 0 Å². The lowest BCUT2D eigenvalue weighted by molar-refractivity contribution is 0.0643. The van der Waals surface area contributed by atoms with Gasteiger partial charge in [0.2, 0.25) is 0 Å². The zero-order valence-corrected chi connectivity index (χ0v) is 12.3. The molecule has 1 atom stereocenters. The number of rotatable bonds is 6. The number of carbonyl (C=O) groups is 1. The fourth-order valence-electron chi connectivity index (χ4n) is 1.62. The molecular formula is C17H22O3. The molecule has 0 radical (unpaired) electrons. The van der Waals surface area contributed by atoms with E-state index in [4.69, 9.17) is 4.74 Å². The number of benzene rings is 1. The second kappa shape index (κ2) is 7.65. The Bertz CT molecular complexity index is 480. The molecule has 108 valence electrons. The molecule has 0 aliphatic carbocycles. The molecule has 0 aliphatic rings. The molecule has 0 aliphatic heterocycles. The van der Waals surface area contributed by atoms with E-state index in [2.05, 4.69) is 6.08 Å². The average molecular weight is 274 g/mol. The van der Waals surface area contributed by atoms with E-state index in [1.165, 1.54) is 17.9 Å². The van der Waals surface area contributed by atoms with E-state index in [9.17, 15) is 9.90 Å². The van der Waals surface area contributed by atoms with Crippen molar-refractivity contribution in [3.05, 3.63) is 59.9 Å². The van der Waals surface area contributed by atoms with Crippen molar-refractivity contribution in [1.82, 2.24) is 0 Å². The van der Waals surface area contributed by atoms with E-state index in [-0.39, 0.29) is 0 Å². The summed E-state index contributed by atoms with van der Waals surface area (Å²) >= 11 is 0.